The Balaban J connectivity index is 5.50. The quantitative estimate of drug-likeness (QED) is 0.109. The maximum Gasteiger partial charge on any atom is 0.326 e. The minimum Gasteiger partial charge on any atom is -0.481 e. The SMILES string of the molecule is CC(C)C(NC(=O)C(CCC(N)=O)NC(=O)C(N)CC(=O)O)C(=O)NC(CCC(=O)O)C(=O)O. The highest BCUT2D eigenvalue weighted by atomic mass is 16.4. The van der Waals surface area contributed by atoms with Crippen LogP contribution in [0.1, 0.15) is 46.0 Å². The van der Waals surface area contributed by atoms with Crippen molar-refractivity contribution < 1.29 is 48.9 Å². The third-order valence-electron chi connectivity index (χ3n) is 4.55. The summed E-state index contributed by atoms with van der Waals surface area (Å²) in [5.74, 6) is -8.27. The van der Waals surface area contributed by atoms with E-state index < -0.39 is 90.9 Å². The number of rotatable bonds is 16. The predicted molar refractivity (Wildman–Crippen MR) is 114 cm³/mol. The maximum atomic E-state index is 12.8. The molecule has 4 amide bonds. The van der Waals surface area contributed by atoms with Crippen molar-refractivity contribution in [1.82, 2.24) is 16.0 Å². The third-order valence-corrected chi connectivity index (χ3v) is 4.55. The molecule has 0 aromatic heterocycles. The van der Waals surface area contributed by atoms with Crippen molar-refractivity contribution in [2.45, 2.75) is 70.1 Å². The van der Waals surface area contributed by atoms with Gasteiger partial charge in [0.1, 0.15) is 18.1 Å². The molecule has 0 spiro atoms. The summed E-state index contributed by atoms with van der Waals surface area (Å²) in [6.07, 6.45) is -2.25. The van der Waals surface area contributed by atoms with Crippen LogP contribution in [0, 0.1) is 5.92 Å². The van der Waals surface area contributed by atoms with E-state index in [1.165, 1.54) is 13.8 Å². The second-order valence-corrected chi connectivity index (χ2v) is 7.83. The van der Waals surface area contributed by atoms with Gasteiger partial charge < -0.3 is 42.7 Å². The Morgan fingerprint density at radius 2 is 1.26 bits per heavy atom. The molecule has 0 heterocycles. The fourth-order valence-electron chi connectivity index (χ4n) is 2.69. The average Bonchev–Trinajstić information content (AvgIpc) is 2.70. The molecular weight excluding hydrogens is 458 g/mol. The first kappa shape index (κ1) is 30.2. The van der Waals surface area contributed by atoms with Gasteiger partial charge in [-0.05, 0) is 18.8 Å². The fourth-order valence-corrected chi connectivity index (χ4v) is 2.69. The number of carboxylic acid groups (broad SMARTS) is 3. The predicted octanol–water partition coefficient (Wildman–Crippen LogP) is -2.89. The lowest BCUT2D eigenvalue weighted by Crippen LogP contribution is -2.58. The number of carbonyl (C=O) groups excluding carboxylic acids is 4. The Kier molecular flexibility index (Phi) is 12.8. The van der Waals surface area contributed by atoms with Gasteiger partial charge in [-0.2, -0.15) is 0 Å². The highest BCUT2D eigenvalue weighted by Crippen LogP contribution is 2.07. The van der Waals surface area contributed by atoms with Crippen molar-refractivity contribution in [1.29, 1.82) is 0 Å². The van der Waals surface area contributed by atoms with Crippen molar-refractivity contribution in [2.24, 2.45) is 17.4 Å². The van der Waals surface area contributed by atoms with Crippen molar-refractivity contribution in [3.63, 3.8) is 0 Å². The lowest BCUT2D eigenvalue weighted by atomic mass is 10.0. The smallest absolute Gasteiger partial charge is 0.326 e. The second-order valence-electron chi connectivity index (χ2n) is 7.83. The van der Waals surface area contributed by atoms with E-state index in [0.29, 0.717) is 0 Å². The molecule has 34 heavy (non-hydrogen) atoms. The molecular formula is C19H31N5O10. The van der Waals surface area contributed by atoms with Crippen molar-refractivity contribution in [2.75, 3.05) is 0 Å². The molecule has 0 aromatic rings. The Bertz CT molecular complexity index is 800. The van der Waals surface area contributed by atoms with Gasteiger partial charge in [0.15, 0.2) is 0 Å². The summed E-state index contributed by atoms with van der Waals surface area (Å²) in [7, 11) is 0. The van der Waals surface area contributed by atoms with Crippen LogP contribution in [0.5, 0.6) is 0 Å². The number of nitrogens with one attached hydrogen (secondary N) is 3. The van der Waals surface area contributed by atoms with E-state index in [0.717, 1.165) is 0 Å². The molecule has 0 saturated carbocycles. The zero-order valence-electron chi connectivity index (χ0n) is 18.8. The number of carboxylic acids is 3. The third kappa shape index (κ3) is 11.8. The van der Waals surface area contributed by atoms with Gasteiger partial charge in [0.05, 0.1) is 12.5 Å². The lowest BCUT2D eigenvalue weighted by molar-refractivity contribution is -0.143. The first-order valence-corrected chi connectivity index (χ1v) is 10.3. The Labute approximate surface area is 194 Å². The first-order valence-electron chi connectivity index (χ1n) is 10.3. The normalized spacial score (nSPS) is 14.2. The fraction of sp³-hybridized carbons (Fsp3) is 0.632. The Hall–Kier alpha value is -3.75. The molecule has 0 aliphatic heterocycles. The van der Waals surface area contributed by atoms with Crippen LogP contribution >= 0.6 is 0 Å². The zero-order chi connectivity index (χ0) is 26.6. The van der Waals surface area contributed by atoms with E-state index in [2.05, 4.69) is 16.0 Å². The van der Waals surface area contributed by atoms with E-state index >= 15 is 0 Å². The molecule has 0 fully saturated rings. The molecule has 15 nitrogen and oxygen atoms in total. The van der Waals surface area contributed by atoms with Crippen LogP contribution in [0.4, 0.5) is 0 Å². The summed E-state index contributed by atoms with van der Waals surface area (Å²) in [4.78, 5) is 81.5. The molecule has 192 valence electrons. The molecule has 10 N–H and O–H groups in total. The van der Waals surface area contributed by atoms with Crippen molar-refractivity contribution in [3.8, 4) is 0 Å². The van der Waals surface area contributed by atoms with Gasteiger partial charge in [-0.3, -0.25) is 28.8 Å². The van der Waals surface area contributed by atoms with Crippen LogP contribution in [0.25, 0.3) is 0 Å². The number of hydrogen-bond donors (Lipinski definition) is 8. The standard InChI is InChI=1S/C19H31N5O10/c1-8(2)15(18(32)23-11(19(33)34)4-6-13(26)27)24-17(31)10(3-5-12(21)25)22-16(30)9(20)7-14(28)29/h8-11,15H,3-7,20H2,1-2H3,(H2,21,25)(H,22,30)(H,23,32)(H,24,31)(H,26,27)(H,28,29)(H,33,34). The van der Waals surface area contributed by atoms with Crippen LogP contribution in [-0.2, 0) is 33.6 Å². The summed E-state index contributed by atoms with van der Waals surface area (Å²) < 4.78 is 0. The minimum atomic E-state index is -1.53. The number of primary amides is 1. The monoisotopic (exact) mass is 489 g/mol. The number of nitrogens with two attached hydrogens (primary N) is 2. The van der Waals surface area contributed by atoms with Gasteiger partial charge in [-0.1, -0.05) is 13.8 Å². The van der Waals surface area contributed by atoms with Crippen LogP contribution in [-0.4, -0.2) is 81.0 Å². The van der Waals surface area contributed by atoms with Crippen molar-refractivity contribution >= 4 is 41.5 Å². The first-order chi connectivity index (χ1) is 15.6. The molecule has 0 aliphatic carbocycles. The largest absolute Gasteiger partial charge is 0.481 e. The van der Waals surface area contributed by atoms with Gasteiger partial charge in [0, 0.05) is 12.8 Å². The minimum absolute atomic E-state index is 0.282. The highest BCUT2D eigenvalue weighted by Gasteiger charge is 2.32. The highest BCUT2D eigenvalue weighted by molar-refractivity contribution is 5.95. The van der Waals surface area contributed by atoms with Crippen LogP contribution in [0.3, 0.4) is 0 Å². The summed E-state index contributed by atoms with van der Waals surface area (Å²) in [5.41, 5.74) is 10.6. The van der Waals surface area contributed by atoms with Gasteiger partial charge >= 0.3 is 17.9 Å². The summed E-state index contributed by atoms with van der Waals surface area (Å²) in [6.45, 7) is 3.08. The topological polar surface area (TPSA) is 268 Å². The van der Waals surface area contributed by atoms with Crippen LogP contribution in [0.2, 0.25) is 0 Å². The zero-order valence-corrected chi connectivity index (χ0v) is 18.8. The molecule has 4 unspecified atom stereocenters. The van der Waals surface area contributed by atoms with Gasteiger partial charge in [-0.15, -0.1) is 0 Å². The molecule has 15 heteroatoms. The lowest BCUT2D eigenvalue weighted by Gasteiger charge is -2.27. The summed E-state index contributed by atoms with van der Waals surface area (Å²) >= 11 is 0. The van der Waals surface area contributed by atoms with Gasteiger partial charge in [0.2, 0.25) is 23.6 Å². The number of hydrogen-bond acceptors (Lipinski definition) is 8. The molecule has 0 rings (SSSR count). The summed E-state index contributed by atoms with van der Waals surface area (Å²) in [6, 6.07) is -5.71. The van der Waals surface area contributed by atoms with Crippen LogP contribution < -0.4 is 27.4 Å². The maximum absolute atomic E-state index is 12.8. The van der Waals surface area contributed by atoms with E-state index in [1.54, 1.807) is 0 Å². The average molecular weight is 489 g/mol. The Morgan fingerprint density at radius 1 is 0.735 bits per heavy atom. The second kappa shape index (κ2) is 14.4. The van der Waals surface area contributed by atoms with E-state index in [9.17, 15) is 38.7 Å². The molecule has 0 aliphatic rings. The number of amides is 4. The van der Waals surface area contributed by atoms with E-state index in [-0.39, 0.29) is 12.8 Å². The molecule has 0 radical (unpaired) electrons. The van der Waals surface area contributed by atoms with E-state index in [4.69, 9.17) is 21.7 Å². The molecule has 0 saturated heterocycles. The van der Waals surface area contributed by atoms with E-state index in [1.807, 2.05) is 0 Å². The molecule has 0 bridgehead atoms. The van der Waals surface area contributed by atoms with Crippen LogP contribution in [0.15, 0.2) is 0 Å². The molecule has 4 atom stereocenters. The van der Waals surface area contributed by atoms with Gasteiger partial charge in [0.25, 0.3) is 0 Å². The van der Waals surface area contributed by atoms with Crippen molar-refractivity contribution in [3.05, 3.63) is 0 Å². The Morgan fingerprint density at radius 3 is 1.71 bits per heavy atom. The summed E-state index contributed by atoms with van der Waals surface area (Å²) in [5, 5.41) is 33.4. The number of aliphatic carboxylic acids is 3. The van der Waals surface area contributed by atoms with Gasteiger partial charge in [-0.25, -0.2) is 4.79 Å². The number of carbonyl (C=O) groups is 7. The molecule has 0 aromatic carbocycles.